The molecule has 194 valence electrons. The third kappa shape index (κ3) is 4.25. The highest BCUT2D eigenvalue weighted by Gasteiger charge is 2.51. The van der Waals surface area contributed by atoms with Crippen LogP contribution < -0.4 is 10.6 Å². The lowest BCUT2D eigenvalue weighted by atomic mass is 10.0. The van der Waals surface area contributed by atoms with Crippen molar-refractivity contribution in [2.75, 3.05) is 17.2 Å². The lowest BCUT2D eigenvalue weighted by molar-refractivity contribution is -0.122. The second kappa shape index (κ2) is 8.89. The van der Waals surface area contributed by atoms with Crippen molar-refractivity contribution in [2.45, 2.75) is 30.1 Å². The van der Waals surface area contributed by atoms with E-state index in [0.29, 0.717) is 33.9 Å². The number of aromatic amines is 2. The summed E-state index contributed by atoms with van der Waals surface area (Å²) in [5.41, 5.74) is 1.10. The Hall–Kier alpha value is -4.36. The smallest absolute Gasteiger partial charge is 0.263 e. The first-order valence-corrected chi connectivity index (χ1v) is 13.2. The topological polar surface area (TPSA) is 153 Å². The van der Waals surface area contributed by atoms with Gasteiger partial charge in [0.25, 0.3) is 15.9 Å². The van der Waals surface area contributed by atoms with Crippen LogP contribution in [0.1, 0.15) is 28.9 Å². The first kappa shape index (κ1) is 24.0. The molecule has 1 fully saturated rings. The largest absolute Gasteiger partial charge is 0.355 e. The zero-order chi connectivity index (χ0) is 26.5. The number of rotatable bonds is 7. The first-order chi connectivity index (χ1) is 18.2. The van der Waals surface area contributed by atoms with Gasteiger partial charge in [-0.1, -0.05) is 18.2 Å². The fraction of sp³-hybridized carbons (Fsp3) is 0.200. The highest BCUT2D eigenvalue weighted by Crippen LogP contribution is 2.41. The van der Waals surface area contributed by atoms with E-state index >= 15 is 0 Å². The van der Waals surface area contributed by atoms with Crippen molar-refractivity contribution < 1.29 is 22.4 Å². The average Bonchev–Trinajstić information content (AvgIpc) is 3.29. The quantitative estimate of drug-likeness (QED) is 0.283. The molecule has 1 saturated carbocycles. The molecule has 0 saturated heterocycles. The van der Waals surface area contributed by atoms with Crippen molar-refractivity contribution in [3.63, 3.8) is 0 Å². The summed E-state index contributed by atoms with van der Waals surface area (Å²) in [6.07, 6.45) is 4.26. The van der Waals surface area contributed by atoms with Gasteiger partial charge < -0.3 is 20.6 Å². The zero-order valence-electron chi connectivity index (χ0n) is 19.9. The Labute approximate surface area is 216 Å². The van der Waals surface area contributed by atoms with E-state index in [4.69, 9.17) is 0 Å². The molecule has 0 radical (unpaired) electrons. The Morgan fingerprint density at radius 1 is 1.13 bits per heavy atom. The van der Waals surface area contributed by atoms with Gasteiger partial charge in [0.15, 0.2) is 16.5 Å². The number of sulfonamides is 1. The molecule has 1 aromatic carbocycles. The number of benzene rings is 1. The summed E-state index contributed by atoms with van der Waals surface area (Å²) in [6.45, 7) is -0.434. The van der Waals surface area contributed by atoms with E-state index < -0.39 is 27.4 Å². The van der Waals surface area contributed by atoms with Crippen LogP contribution in [0, 0.1) is 0 Å². The molecule has 2 aliphatic rings. The van der Waals surface area contributed by atoms with Crippen LogP contribution >= 0.6 is 0 Å². The molecule has 3 aromatic heterocycles. The number of imidazole rings is 1. The molecule has 4 N–H and O–H groups in total. The first-order valence-electron chi connectivity index (χ1n) is 11.8. The van der Waals surface area contributed by atoms with Gasteiger partial charge in [0.2, 0.25) is 0 Å². The number of ketones is 1. The zero-order valence-corrected chi connectivity index (χ0v) is 20.7. The van der Waals surface area contributed by atoms with Crippen LogP contribution in [-0.4, -0.2) is 56.6 Å². The number of H-pyrrole nitrogens is 2. The maximum Gasteiger partial charge on any atom is 0.263 e. The second-order valence-corrected chi connectivity index (χ2v) is 11.1. The number of anilines is 3. The van der Waals surface area contributed by atoms with E-state index in [1.54, 1.807) is 12.1 Å². The minimum absolute atomic E-state index is 0.0784. The second-order valence-electron chi connectivity index (χ2n) is 9.18. The number of fused-ring (bicyclic) bond motifs is 1. The van der Waals surface area contributed by atoms with Crippen LogP contribution in [0.5, 0.6) is 0 Å². The number of amides is 1. The Balaban J connectivity index is 1.41. The highest BCUT2D eigenvalue weighted by atomic mass is 32.2. The number of carbonyl (C=O) groups is 2. The van der Waals surface area contributed by atoms with E-state index in [9.17, 15) is 22.4 Å². The van der Waals surface area contributed by atoms with Crippen molar-refractivity contribution in [1.29, 1.82) is 0 Å². The Morgan fingerprint density at radius 2 is 1.92 bits per heavy atom. The Bertz CT molecular complexity index is 1650. The summed E-state index contributed by atoms with van der Waals surface area (Å²) < 4.78 is 41.4. The highest BCUT2D eigenvalue weighted by molar-refractivity contribution is 7.89. The maximum atomic E-state index is 14.2. The van der Waals surface area contributed by atoms with Gasteiger partial charge in [0.1, 0.15) is 5.82 Å². The summed E-state index contributed by atoms with van der Waals surface area (Å²) in [6, 6.07) is 12.5. The fourth-order valence-electron chi connectivity index (χ4n) is 4.37. The minimum Gasteiger partial charge on any atom is -0.355 e. The third-order valence-electron chi connectivity index (χ3n) is 6.53. The lowest BCUT2D eigenvalue weighted by Gasteiger charge is -2.25. The molecule has 0 spiro atoms. The molecule has 4 aromatic rings. The predicted octanol–water partition coefficient (Wildman–Crippen LogP) is 3.37. The van der Waals surface area contributed by atoms with Crippen LogP contribution in [0.2, 0.25) is 0 Å². The van der Waals surface area contributed by atoms with Crippen LogP contribution in [0.3, 0.4) is 0 Å². The van der Waals surface area contributed by atoms with Crippen molar-refractivity contribution in [3.8, 4) is 11.3 Å². The number of para-hydroxylation sites is 1. The van der Waals surface area contributed by atoms with Crippen molar-refractivity contribution in [1.82, 2.24) is 24.2 Å². The summed E-state index contributed by atoms with van der Waals surface area (Å²) in [7, 11) is -3.99. The van der Waals surface area contributed by atoms with Crippen molar-refractivity contribution in [3.05, 3.63) is 72.4 Å². The molecule has 11 nitrogen and oxygen atoms in total. The van der Waals surface area contributed by atoms with Gasteiger partial charge in [-0.3, -0.25) is 9.59 Å². The van der Waals surface area contributed by atoms with Gasteiger partial charge in [-0.25, -0.2) is 22.8 Å². The predicted molar refractivity (Wildman–Crippen MR) is 136 cm³/mol. The van der Waals surface area contributed by atoms with Crippen LogP contribution in [-0.2, 0) is 21.4 Å². The Morgan fingerprint density at radius 3 is 2.63 bits per heavy atom. The van der Waals surface area contributed by atoms with Gasteiger partial charge in [-0.2, -0.15) is 4.31 Å². The van der Waals surface area contributed by atoms with Crippen LogP contribution in [0.25, 0.3) is 11.3 Å². The van der Waals surface area contributed by atoms with Gasteiger partial charge >= 0.3 is 0 Å². The van der Waals surface area contributed by atoms with Gasteiger partial charge in [0.05, 0.1) is 42.6 Å². The van der Waals surface area contributed by atoms with Crippen LogP contribution in [0.15, 0.2) is 66.2 Å². The molecular formula is C25H22FN7O4S. The molecule has 13 heteroatoms. The number of aromatic nitrogens is 4. The summed E-state index contributed by atoms with van der Waals surface area (Å²) in [5.74, 6) is -0.985. The summed E-state index contributed by atoms with van der Waals surface area (Å²) >= 11 is 0. The standard InChI is InChI=1S/C25H22FN7O4S/c26-25(7-8-25)24(35)32-19-10-15(6-9-28-19)22-23(30-16-4-2-1-3-5-16)21-17(31-22)12-33(13-18(21)34)38(36,37)20-11-27-14-29-20/h1-6,9-11,14,30-31H,7-8,12-13H2,(H,27,29)(H,28,32,35). The summed E-state index contributed by atoms with van der Waals surface area (Å²) in [4.78, 5) is 39.3. The maximum absolute atomic E-state index is 14.2. The molecule has 0 unspecified atom stereocenters. The summed E-state index contributed by atoms with van der Waals surface area (Å²) in [5, 5.41) is 5.68. The number of hydrogen-bond acceptors (Lipinski definition) is 7. The van der Waals surface area contributed by atoms with E-state index in [2.05, 4.69) is 30.6 Å². The number of pyridine rings is 1. The molecule has 6 rings (SSSR count). The average molecular weight is 536 g/mol. The molecule has 0 bridgehead atoms. The molecule has 1 aliphatic heterocycles. The van der Waals surface area contributed by atoms with E-state index in [-0.39, 0.29) is 36.8 Å². The lowest BCUT2D eigenvalue weighted by Crippen LogP contribution is -2.39. The van der Waals surface area contributed by atoms with E-state index in [0.717, 1.165) is 4.31 Å². The minimum atomic E-state index is -3.99. The van der Waals surface area contributed by atoms with Crippen molar-refractivity contribution in [2.24, 2.45) is 0 Å². The number of alkyl halides is 1. The monoisotopic (exact) mass is 535 g/mol. The van der Waals surface area contributed by atoms with Gasteiger partial charge in [-0.05, 0) is 37.1 Å². The molecule has 0 atom stereocenters. The molecule has 4 heterocycles. The SMILES string of the molecule is O=C1CN(S(=O)(=O)c2cnc[nH]2)Cc2[nH]c(-c3ccnc(NC(=O)C4(F)CC4)c3)c(Nc3ccccc3)c21. The molecule has 1 amide bonds. The van der Waals surface area contributed by atoms with Crippen molar-refractivity contribution >= 4 is 38.9 Å². The van der Waals surface area contributed by atoms with Gasteiger partial charge in [-0.15, -0.1) is 0 Å². The van der Waals surface area contributed by atoms with E-state index in [1.165, 1.54) is 18.7 Å². The molecular weight excluding hydrogens is 513 g/mol. The Kier molecular flexibility index (Phi) is 5.61. The number of halogens is 1. The number of nitrogens with one attached hydrogen (secondary N) is 4. The van der Waals surface area contributed by atoms with Gasteiger partial charge in [0, 0.05) is 23.1 Å². The van der Waals surface area contributed by atoms with Crippen LogP contribution in [0.4, 0.5) is 21.6 Å². The molecule has 1 aliphatic carbocycles. The number of nitrogens with zero attached hydrogens (tertiary/aromatic N) is 3. The molecule has 38 heavy (non-hydrogen) atoms. The number of hydrogen-bond donors (Lipinski definition) is 4. The van der Waals surface area contributed by atoms with E-state index in [1.807, 2.05) is 30.3 Å². The fourth-order valence-corrected chi connectivity index (χ4v) is 5.63. The number of carbonyl (C=O) groups excluding carboxylic acids is 2. The number of Topliss-reactive ketones (excluding diaryl/α,β-unsaturated/α-hetero) is 1. The third-order valence-corrected chi connectivity index (χ3v) is 8.25. The normalized spacial score (nSPS) is 16.6.